The number of rotatable bonds is 6. The molecular formula is C23H18F3N7O. The Balaban J connectivity index is 1.37. The number of pyridine rings is 1. The van der Waals surface area contributed by atoms with E-state index in [0.29, 0.717) is 28.8 Å². The van der Waals surface area contributed by atoms with Crippen LogP contribution in [0.5, 0.6) is 0 Å². The number of carbonyl (C=O) groups excluding carboxylic acids is 1. The Morgan fingerprint density at radius 1 is 0.706 bits per heavy atom. The minimum atomic E-state index is -4.58. The SMILES string of the molecule is O=C(Nc1ccc(Nc2cc(Nc3ccccn3)ncn2)cc1)Nc1ccccc1C(F)(F)F. The molecule has 0 saturated heterocycles. The number of aromatic nitrogens is 3. The van der Waals surface area contributed by atoms with Crippen molar-refractivity contribution in [3.63, 3.8) is 0 Å². The first-order valence-electron chi connectivity index (χ1n) is 9.98. The summed E-state index contributed by atoms with van der Waals surface area (Å²) >= 11 is 0. The Kier molecular flexibility index (Phi) is 6.53. The fraction of sp³-hybridized carbons (Fsp3) is 0.0435. The van der Waals surface area contributed by atoms with E-state index in [1.54, 1.807) is 42.6 Å². The van der Waals surface area contributed by atoms with Gasteiger partial charge in [-0.3, -0.25) is 0 Å². The summed E-state index contributed by atoms with van der Waals surface area (Å²) in [5, 5.41) is 10.9. The van der Waals surface area contributed by atoms with E-state index in [2.05, 4.69) is 36.2 Å². The maximum Gasteiger partial charge on any atom is 0.418 e. The van der Waals surface area contributed by atoms with Gasteiger partial charge in [-0.25, -0.2) is 19.7 Å². The molecule has 11 heteroatoms. The largest absolute Gasteiger partial charge is 0.418 e. The van der Waals surface area contributed by atoms with Crippen LogP contribution in [-0.2, 0) is 6.18 Å². The maximum absolute atomic E-state index is 13.1. The number of hydrogen-bond acceptors (Lipinski definition) is 6. The quantitative estimate of drug-likeness (QED) is 0.278. The molecule has 4 N–H and O–H groups in total. The summed E-state index contributed by atoms with van der Waals surface area (Å²) < 4.78 is 39.3. The number of nitrogens with one attached hydrogen (secondary N) is 4. The smallest absolute Gasteiger partial charge is 0.340 e. The molecule has 2 amide bonds. The number of para-hydroxylation sites is 1. The van der Waals surface area contributed by atoms with Crippen LogP contribution in [0.25, 0.3) is 0 Å². The van der Waals surface area contributed by atoms with Crippen LogP contribution in [0.1, 0.15) is 5.56 Å². The van der Waals surface area contributed by atoms with E-state index in [9.17, 15) is 18.0 Å². The van der Waals surface area contributed by atoms with Gasteiger partial charge in [0.25, 0.3) is 0 Å². The van der Waals surface area contributed by atoms with Gasteiger partial charge >= 0.3 is 12.2 Å². The average Bonchev–Trinajstić information content (AvgIpc) is 2.81. The second-order valence-corrected chi connectivity index (χ2v) is 6.95. The zero-order valence-corrected chi connectivity index (χ0v) is 17.5. The first-order chi connectivity index (χ1) is 16.4. The van der Waals surface area contributed by atoms with E-state index in [1.807, 2.05) is 12.1 Å². The van der Waals surface area contributed by atoms with Crippen LogP contribution in [0, 0.1) is 0 Å². The summed E-state index contributed by atoms with van der Waals surface area (Å²) in [7, 11) is 0. The Morgan fingerprint density at radius 3 is 2.09 bits per heavy atom. The van der Waals surface area contributed by atoms with Gasteiger partial charge in [0.2, 0.25) is 0 Å². The van der Waals surface area contributed by atoms with Gasteiger partial charge in [0.1, 0.15) is 23.8 Å². The Labute approximate surface area is 192 Å². The first-order valence-corrected chi connectivity index (χ1v) is 9.98. The van der Waals surface area contributed by atoms with E-state index in [4.69, 9.17) is 0 Å². The van der Waals surface area contributed by atoms with Crippen molar-refractivity contribution in [1.82, 2.24) is 15.0 Å². The number of carbonyl (C=O) groups is 1. The number of nitrogens with zero attached hydrogens (tertiary/aromatic N) is 3. The van der Waals surface area contributed by atoms with Crippen LogP contribution in [-0.4, -0.2) is 21.0 Å². The van der Waals surface area contributed by atoms with E-state index >= 15 is 0 Å². The third kappa shape index (κ3) is 5.97. The number of benzene rings is 2. The average molecular weight is 465 g/mol. The summed E-state index contributed by atoms with van der Waals surface area (Å²) in [5.74, 6) is 1.71. The molecule has 0 aliphatic heterocycles. The van der Waals surface area contributed by atoms with Gasteiger partial charge in [-0.1, -0.05) is 18.2 Å². The van der Waals surface area contributed by atoms with Crippen molar-refractivity contribution in [2.24, 2.45) is 0 Å². The molecule has 34 heavy (non-hydrogen) atoms. The molecule has 0 aliphatic carbocycles. The topological polar surface area (TPSA) is 104 Å². The van der Waals surface area contributed by atoms with Crippen LogP contribution < -0.4 is 21.3 Å². The standard InChI is InChI=1S/C23H18F3N7O/c24-23(25,26)17-5-1-2-6-18(17)32-22(34)31-16-10-8-15(9-11-16)30-20-13-21(29-14-28-20)33-19-7-3-4-12-27-19/h1-14H,(H2,31,32,34)(H2,27,28,29,30,33). The van der Waals surface area contributed by atoms with E-state index in [1.165, 1.54) is 24.5 Å². The second-order valence-electron chi connectivity index (χ2n) is 6.95. The van der Waals surface area contributed by atoms with Crippen molar-refractivity contribution < 1.29 is 18.0 Å². The predicted octanol–water partition coefficient (Wildman–Crippen LogP) is 6.02. The molecule has 2 aromatic heterocycles. The minimum absolute atomic E-state index is 0.329. The maximum atomic E-state index is 13.1. The van der Waals surface area contributed by atoms with Crippen LogP contribution in [0.3, 0.4) is 0 Å². The van der Waals surface area contributed by atoms with Crippen LogP contribution >= 0.6 is 0 Å². The van der Waals surface area contributed by atoms with Gasteiger partial charge in [0.05, 0.1) is 11.3 Å². The van der Waals surface area contributed by atoms with Crippen LogP contribution in [0.4, 0.5) is 52.5 Å². The normalized spacial score (nSPS) is 10.9. The Morgan fingerprint density at radius 2 is 1.38 bits per heavy atom. The van der Waals surface area contributed by atoms with Gasteiger partial charge in [0.15, 0.2) is 0 Å². The summed E-state index contributed by atoms with van der Waals surface area (Å²) in [6, 6.07) is 17.7. The molecule has 172 valence electrons. The molecule has 2 heterocycles. The van der Waals surface area contributed by atoms with E-state index in [0.717, 1.165) is 6.07 Å². The molecule has 0 fully saturated rings. The molecule has 4 rings (SSSR count). The van der Waals surface area contributed by atoms with Crippen molar-refractivity contribution in [3.05, 3.63) is 90.9 Å². The van der Waals surface area contributed by atoms with Crippen LogP contribution in [0.2, 0.25) is 0 Å². The van der Waals surface area contributed by atoms with E-state index in [-0.39, 0.29) is 5.69 Å². The molecule has 0 aliphatic rings. The number of urea groups is 1. The fourth-order valence-corrected chi connectivity index (χ4v) is 2.97. The Bertz CT molecular complexity index is 1270. The lowest BCUT2D eigenvalue weighted by molar-refractivity contribution is -0.136. The number of anilines is 6. The van der Waals surface area contributed by atoms with E-state index < -0.39 is 17.8 Å². The third-order valence-electron chi connectivity index (χ3n) is 4.48. The van der Waals surface area contributed by atoms with Crippen molar-refractivity contribution in [2.75, 3.05) is 21.3 Å². The summed E-state index contributed by atoms with van der Waals surface area (Å²) in [6.07, 6.45) is -1.52. The number of amides is 2. The fourth-order valence-electron chi connectivity index (χ4n) is 2.97. The number of alkyl halides is 3. The zero-order chi connectivity index (χ0) is 24.0. The lowest BCUT2D eigenvalue weighted by Gasteiger charge is -2.14. The second kappa shape index (κ2) is 9.86. The molecule has 2 aromatic carbocycles. The summed E-state index contributed by atoms with van der Waals surface area (Å²) in [4.78, 5) is 24.7. The highest BCUT2D eigenvalue weighted by Gasteiger charge is 2.33. The zero-order valence-electron chi connectivity index (χ0n) is 17.5. The van der Waals surface area contributed by atoms with Gasteiger partial charge in [-0.2, -0.15) is 13.2 Å². The molecule has 8 nitrogen and oxygen atoms in total. The van der Waals surface area contributed by atoms with Crippen molar-refractivity contribution >= 4 is 40.5 Å². The van der Waals surface area contributed by atoms with Crippen LogP contribution in [0.15, 0.2) is 85.3 Å². The molecule has 0 unspecified atom stereocenters. The molecule has 4 aromatic rings. The monoisotopic (exact) mass is 465 g/mol. The van der Waals surface area contributed by atoms with Gasteiger partial charge in [-0.05, 0) is 48.5 Å². The van der Waals surface area contributed by atoms with Gasteiger partial charge in [0, 0.05) is 23.6 Å². The molecule has 0 saturated carbocycles. The van der Waals surface area contributed by atoms with Crippen molar-refractivity contribution in [2.45, 2.75) is 6.18 Å². The molecule has 0 atom stereocenters. The van der Waals surface area contributed by atoms with Crippen molar-refractivity contribution in [3.8, 4) is 0 Å². The highest BCUT2D eigenvalue weighted by molar-refractivity contribution is 6.00. The summed E-state index contributed by atoms with van der Waals surface area (Å²) in [5.41, 5.74) is -0.181. The Hall–Kier alpha value is -4.67. The third-order valence-corrected chi connectivity index (χ3v) is 4.48. The minimum Gasteiger partial charge on any atom is -0.340 e. The molecule has 0 spiro atoms. The predicted molar refractivity (Wildman–Crippen MR) is 123 cm³/mol. The van der Waals surface area contributed by atoms with Gasteiger partial charge in [-0.15, -0.1) is 0 Å². The van der Waals surface area contributed by atoms with Gasteiger partial charge < -0.3 is 21.3 Å². The first kappa shape index (κ1) is 22.5. The lowest BCUT2D eigenvalue weighted by atomic mass is 10.1. The molecular weight excluding hydrogens is 447 g/mol. The number of halogens is 3. The number of hydrogen-bond donors (Lipinski definition) is 4. The van der Waals surface area contributed by atoms with Crippen molar-refractivity contribution in [1.29, 1.82) is 0 Å². The lowest BCUT2D eigenvalue weighted by Crippen LogP contribution is -2.21. The molecule has 0 radical (unpaired) electrons. The highest BCUT2D eigenvalue weighted by atomic mass is 19.4. The highest BCUT2D eigenvalue weighted by Crippen LogP contribution is 2.34. The molecule has 0 bridgehead atoms. The summed E-state index contributed by atoms with van der Waals surface area (Å²) in [6.45, 7) is 0.